The molecule has 1 N–H and O–H groups in total. The molecule has 0 spiro atoms. The van der Waals surface area contributed by atoms with E-state index in [2.05, 4.69) is 6.92 Å². The Morgan fingerprint density at radius 3 is 2.35 bits per heavy atom. The Morgan fingerprint density at radius 2 is 1.82 bits per heavy atom. The van der Waals surface area contributed by atoms with Gasteiger partial charge >= 0.3 is 5.97 Å². The highest BCUT2D eigenvalue weighted by Crippen LogP contribution is 2.38. The number of carboxylic acids is 1. The van der Waals surface area contributed by atoms with Crippen molar-refractivity contribution in [3.05, 3.63) is 0 Å². The molecular weight excluding hydrogens is 216 g/mol. The molecule has 0 saturated heterocycles. The fourth-order valence-corrected chi connectivity index (χ4v) is 2.39. The first-order valence-electron chi connectivity index (χ1n) is 7.04. The number of carboxylic acid groups (broad SMARTS) is 1. The highest BCUT2D eigenvalue weighted by molar-refractivity contribution is 5.68. The second-order valence-corrected chi connectivity index (χ2v) is 5.22. The fraction of sp³-hybridized carbons (Fsp3) is 0.929. The minimum atomic E-state index is -0.729. The molecule has 0 aromatic carbocycles. The third-order valence-electron chi connectivity index (χ3n) is 3.64. The van der Waals surface area contributed by atoms with Crippen LogP contribution >= 0.6 is 0 Å². The summed E-state index contributed by atoms with van der Waals surface area (Å²) in [5, 5.41) is 8.83. The Morgan fingerprint density at radius 1 is 1.18 bits per heavy atom. The fourth-order valence-electron chi connectivity index (χ4n) is 2.39. The molecule has 0 aromatic heterocycles. The molecular formula is C14H26O3. The van der Waals surface area contributed by atoms with Crippen LogP contribution in [0.1, 0.15) is 71.1 Å². The standard InChI is InChI=1S/C14H26O3/c1-2-3-4-5-6-7-11-17-14(9-8-10-14)12-13(15)16/h2-12H2,1H3,(H,15,16). The largest absolute Gasteiger partial charge is 0.481 e. The Labute approximate surface area is 105 Å². The highest BCUT2D eigenvalue weighted by Gasteiger charge is 2.39. The maximum Gasteiger partial charge on any atom is 0.306 e. The minimum Gasteiger partial charge on any atom is -0.481 e. The predicted molar refractivity (Wildman–Crippen MR) is 68.2 cm³/mol. The molecule has 0 radical (unpaired) electrons. The van der Waals surface area contributed by atoms with Gasteiger partial charge in [-0.05, 0) is 25.7 Å². The SMILES string of the molecule is CCCCCCCCOC1(CC(=O)O)CCC1. The first-order chi connectivity index (χ1) is 8.18. The summed E-state index contributed by atoms with van der Waals surface area (Å²) in [5.74, 6) is -0.729. The predicted octanol–water partition coefficient (Wildman–Crippen LogP) is 3.76. The van der Waals surface area contributed by atoms with E-state index in [1.807, 2.05) is 0 Å². The first kappa shape index (κ1) is 14.5. The molecule has 17 heavy (non-hydrogen) atoms. The maximum absolute atomic E-state index is 10.7. The van der Waals surface area contributed by atoms with E-state index < -0.39 is 5.97 Å². The molecule has 1 rings (SSSR count). The lowest BCUT2D eigenvalue weighted by molar-refractivity contribution is -0.154. The van der Waals surface area contributed by atoms with E-state index in [0.29, 0.717) is 0 Å². The molecule has 1 fully saturated rings. The summed E-state index contributed by atoms with van der Waals surface area (Å²) < 4.78 is 5.80. The van der Waals surface area contributed by atoms with Gasteiger partial charge in [-0.1, -0.05) is 39.0 Å². The topological polar surface area (TPSA) is 46.5 Å². The van der Waals surface area contributed by atoms with Crippen LogP contribution in [0, 0.1) is 0 Å². The molecule has 0 heterocycles. The third-order valence-corrected chi connectivity index (χ3v) is 3.64. The number of rotatable bonds is 10. The van der Waals surface area contributed by atoms with Crippen LogP contribution in [0.15, 0.2) is 0 Å². The Hall–Kier alpha value is -0.570. The van der Waals surface area contributed by atoms with E-state index in [1.165, 1.54) is 32.1 Å². The van der Waals surface area contributed by atoms with E-state index in [0.717, 1.165) is 32.3 Å². The number of hydrogen-bond acceptors (Lipinski definition) is 2. The molecule has 0 amide bonds. The van der Waals surface area contributed by atoms with Gasteiger partial charge in [0, 0.05) is 6.61 Å². The maximum atomic E-state index is 10.7. The van der Waals surface area contributed by atoms with E-state index >= 15 is 0 Å². The Balaban J connectivity index is 2.02. The van der Waals surface area contributed by atoms with E-state index in [-0.39, 0.29) is 12.0 Å². The zero-order valence-corrected chi connectivity index (χ0v) is 11.0. The number of ether oxygens (including phenoxy) is 1. The average Bonchev–Trinajstić information content (AvgIpc) is 2.23. The van der Waals surface area contributed by atoms with E-state index in [9.17, 15) is 4.79 Å². The van der Waals surface area contributed by atoms with Crippen LogP contribution in [-0.2, 0) is 9.53 Å². The number of carbonyl (C=O) groups is 1. The second kappa shape index (κ2) is 7.70. The highest BCUT2D eigenvalue weighted by atomic mass is 16.5. The molecule has 3 nitrogen and oxygen atoms in total. The summed E-state index contributed by atoms with van der Waals surface area (Å²) in [6, 6.07) is 0. The summed E-state index contributed by atoms with van der Waals surface area (Å²) in [7, 11) is 0. The molecule has 3 heteroatoms. The van der Waals surface area contributed by atoms with Crippen LogP contribution < -0.4 is 0 Å². The van der Waals surface area contributed by atoms with Crippen molar-refractivity contribution in [1.29, 1.82) is 0 Å². The summed E-state index contributed by atoms with van der Waals surface area (Å²) in [5.41, 5.74) is -0.310. The van der Waals surface area contributed by atoms with Gasteiger partial charge in [-0.3, -0.25) is 4.79 Å². The van der Waals surface area contributed by atoms with E-state index in [4.69, 9.17) is 9.84 Å². The summed E-state index contributed by atoms with van der Waals surface area (Å²) in [6.07, 6.45) is 10.6. The smallest absolute Gasteiger partial charge is 0.306 e. The lowest BCUT2D eigenvalue weighted by Crippen LogP contribution is -2.42. The van der Waals surface area contributed by atoms with Gasteiger partial charge in [0.25, 0.3) is 0 Å². The number of hydrogen-bond donors (Lipinski definition) is 1. The van der Waals surface area contributed by atoms with Gasteiger partial charge in [0.15, 0.2) is 0 Å². The van der Waals surface area contributed by atoms with Crippen LogP contribution in [0.2, 0.25) is 0 Å². The van der Waals surface area contributed by atoms with Crippen LogP contribution in [0.4, 0.5) is 0 Å². The van der Waals surface area contributed by atoms with Gasteiger partial charge < -0.3 is 9.84 Å². The average molecular weight is 242 g/mol. The molecule has 1 saturated carbocycles. The molecule has 0 unspecified atom stereocenters. The Kier molecular flexibility index (Phi) is 6.56. The molecule has 0 aliphatic heterocycles. The van der Waals surface area contributed by atoms with Crippen molar-refractivity contribution in [1.82, 2.24) is 0 Å². The van der Waals surface area contributed by atoms with Gasteiger partial charge in [-0.2, -0.15) is 0 Å². The van der Waals surface area contributed by atoms with Crippen molar-refractivity contribution in [2.45, 2.75) is 76.7 Å². The molecule has 0 aromatic rings. The third kappa shape index (κ3) is 5.53. The summed E-state index contributed by atoms with van der Waals surface area (Å²) in [4.78, 5) is 10.7. The van der Waals surface area contributed by atoms with Crippen molar-refractivity contribution in [2.75, 3.05) is 6.61 Å². The number of aliphatic carboxylic acids is 1. The lowest BCUT2D eigenvalue weighted by atomic mass is 9.77. The van der Waals surface area contributed by atoms with Crippen molar-refractivity contribution in [3.63, 3.8) is 0 Å². The monoisotopic (exact) mass is 242 g/mol. The lowest BCUT2D eigenvalue weighted by Gasteiger charge is -2.40. The Bertz CT molecular complexity index is 222. The quantitative estimate of drug-likeness (QED) is 0.593. The van der Waals surface area contributed by atoms with Gasteiger partial charge in [-0.15, -0.1) is 0 Å². The van der Waals surface area contributed by atoms with Gasteiger partial charge in [0.05, 0.1) is 12.0 Å². The van der Waals surface area contributed by atoms with E-state index in [1.54, 1.807) is 0 Å². The zero-order valence-electron chi connectivity index (χ0n) is 11.0. The molecule has 1 aliphatic carbocycles. The molecule has 0 bridgehead atoms. The minimum absolute atomic E-state index is 0.183. The van der Waals surface area contributed by atoms with Gasteiger partial charge in [0.2, 0.25) is 0 Å². The van der Waals surface area contributed by atoms with Gasteiger partial charge in [-0.25, -0.2) is 0 Å². The molecule has 100 valence electrons. The van der Waals surface area contributed by atoms with Crippen LogP contribution in [-0.4, -0.2) is 23.3 Å². The summed E-state index contributed by atoms with van der Waals surface area (Å²) >= 11 is 0. The first-order valence-corrected chi connectivity index (χ1v) is 7.04. The van der Waals surface area contributed by atoms with Crippen LogP contribution in [0.3, 0.4) is 0 Å². The summed E-state index contributed by atoms with van der Waals surface area (Å²) in [6.45, 7) is 2.95. The van der Waals surface area contributed by atoms with Crippen molar-refractivity contribution < 1.29 is 14.6 Å². The molecule has 0 atom stereocenters. The van der Waals surface area contributed by atoms with Gasteiger partial charge in [0.1, 0.15) is 0 Å². The number of unbranched alkanes of at least 4 members (excludes halogenated alkanes) is 5. The van der Waals surface area contributed by atoms with Crippen LogP contribution in [0.5, 0.6) is 0 Å². The van der Waals surface area contributed by atoms with Crippen molar-refractivity contribution >= 4 is 5.97 Å². The van der Waals surface area contributed by atoms with Crippen molar-refractivity contribution in [3.8, 4) is 0 Å². The normalized spacial score (nSPS) is 17.7. The second-order valence-electron chi connectivity index (χ2n) is 5.22. The van der Waals surface area contributed by atoms with Crippen LogP contribution in [0.25, 0.3) is 0 Å². The van der Waals surface area contributed by atoms with Crippen molar-refractivity contribution in [2.24, 2.45) is 0 Å². The molecule has 1 aliphatic rings. The zero-order chi connectivity index (χ0) is 12.6.